The number of para-hydroxylation sites is 1. The first-order valence-corrected chi connectivity index (χ1v) is 10.4. The van der Waals surface area contributed by atoms with Crippen LogP contribution in [-0.4, -0.2) is 21.5 Å². The molecule has 4 rings (SSSR count). The maximum Gasteiger partial charge on any atom is 0.435 e. The van der Waals surface area contributed by atoms with E-state index in [2.05, 4.69) is 10.4 Å². The molecule has 0 aliphatic heterocycles. The lowest BCUT2D eigenvalue weighted by Crippen LogP contribution is -2.27. The Labute approximate surface area is 186 Å². The molecule has 0 aliphatic rings. The minimum Gasteiger partial charge on any atom is -0.442 e. The Kier molecular flexibility index (Phi) is 5.46. The third kappa shape index (κ3) is 4.42. The largest absolute Gasteiger partial charge is 0.442 e. The lowest BCUT2D eigenvalue weighted by molar-refractivity contribution is 0.0523. The Hall–Kier alpha value is -3.31. The van der Waals surface area contributed by atoms with Gasteiger partial charge >= 0.3 is 6.09 Å². The molecule has 6 heteroatoms. The zero-order valence-electron chi connectivity index (χ0n) is 17.9. The zero-order valence-corrected chi connectivity index (χ0v) is 18.7. The normalized spacial score (nSPS) is 11.5. The van der Waals surface area contributed by atoms with Crippen molar-refractivity contribution in [3.8, 4) is 11.3 Å². The van der Waals surface area contributed by atoms with Crippen molar-refractivity contribution in [1.82, 2.24) is 9.78 Å². The van der Waals surface area contributed by atoms with Crippen molar-refractivity contribution in [3.63, 3.8) is 0 Å². The Morgan fingerprint density at radius 3 is 2.35 bits per heavy atom. The van der Waals surface area contributed by atoms with Gasteiger partial charge in [-0.1, -0.05) is 54.1 Å². The summed E-state index contributed by atoms with van der Waals surface area (Å²) in [4.78, 5) is 13.0. The number of nitrogens with zero attached hydrogens (tertiary/aromatic N) is 2. The van der Waals surface area contributed by atoms with Crippen LogP contribution in [0.2, 0.25) is 5.02 Å². The highest BCUT2D eigenvalue weighted by Crippen LogP contribution is 2.34. The molecule has 0 unspecified atom stereocenters. The molecule has 0 saturated heterocycles. The van der Waals surface area contributed by atoms with Gasteiger partial charge in [0.05, 0.1) is 16.2 Å². The van der Waals surface area contributed by atoms with Crippen molar-refractivity contribution in [1.29, 1.82) is 0 Å². The summed E-state index contributed by atoms with van der Waals surface area (Å²) in [5, 5.41) is 9.50. The molecule has 0 radical (unpaired) electrons. The second kappa shape index (κ2) is 8.08. The highest BCUT2D eigenvalue weighted by Gasteiger charge is 2.23. The van der Waals surface area contributed by atoms with E-state index >= 15 is 0 Å². The fraction of sp³-hybridized carbons (Fsp3) is 0.200. The number of halogens is 1. The maximum absolute atomic E-state index is 13.0. The first-order valence-electron chi connectivity index (χ1n) is 10.1. The number of benzene rings is 3. The molecule has 0 atom stereocenters. The number of hydrogen-bond donors (Lipinski definition) is 1. The number of carbonyl (C=O) groups excluding carboxylic acids is 1. The number of carbonyl (C=O) groups is 1. The highest BCUT2D eigenvalue weighted by atomic mass is 35.5. The Bertz CT molecular complexity index is 1260. The molecule has 1 aromatic heterocycles. The zero-order chi connectivity index (χ0) is 22.2. The molecule has 0 spiro atoms. The number of ether oxygens (including phenoxy) is 1. The van der Waals surface area contributed by atoms with Crippen molar-refractivity contribution >= 4 is 40.0 Å². The topological polar surface area (TPSA) is 56.2 Å². The molecular formula is C25H24ClN3O2. The standard InChI is InChI=1S/C25H24ClN3O2/c1-16-14-18-22(15-21(16)27-20-13-9-8-12-19(20)26)29(24(30)31-25(2,3)4)28-23(18)17-10-6-5-7-11-17/h5-15,27H,1-4H3. The van der Waals surface area contributed by atoms with E-state index < -0.39 is 11.7 Å². The first kappa shape index (κ1) is 20.9. The van der Waals surface area contributed by atoms with E-state index in [0.717, 1.165) is 33.6 Å². The summed E-state index contributed by atoms with van der Waals surface area (Å²) in [5.41, 5.74) is 4.32. The van der Waals surface area contributed by atoms with Gasteiger partial charge in [0.2, 0.25) is 0 Å². The third-order valence-electron chi connectivity index (χ3n) is 4.78. The van der Waals surface area contributed by atoms with Crippen LogP contribution in [0.5, 0.6) is 0 Å². The molecule has 158 valence electrons. The average molecular weight is 434 g/mol. The highest BCUT2D eigenvalue weighted by molar-refractivity contribution is 6.33. The monoisotopic (exact) mass is 433 g/mol. The van der Waals surface area contributed by atoms with Crippen molar-refractivity contribution in [3.05, 3.63) is 77.3 Å². The van der Waals surface area contributed by atoms with Crippen LogP contribution >= 0.6 is 11.6 Å². The van der Waals surface area contributed by atoms with E-state index in [0.29, 0.717) is 10.5 Å². The quantitative estimate of drug-likeness (QED) is 0.371. The van der Waals surface area contributed by atoms with Gasteiger partial charge in [-0.15, -0.1) is 0 Å². The van der Waals surface area contributed by atoms with Gasteiger partial charge < -0.3 is 10.1 Å². The molecule has 1 N–H and O–H groups in total. The molecule has 4 aromatic rings. The molecule has 0 amide bonds. The van der Waals surface area contributed by atoms with Gasteiger partial charge in [0.25, 0.3) is 0 Å². The van der Waals surface area contributed by atoms with Crippen molar-refractivity contribution in [2.45, 2.75) is 33.3 Å². The fourth-order valence-corrected chi connectivity index (χ4v) is 3.55. The average Bonchev–Trinajstić information content (AvgIpc) is 3.08. The summed E-state index contributed by atoms with van der Waals surface area (Å²) in [5.74, 6) is 0. The van der Waals surface area contributed by atoms with Crippen LogP contribution in [0.25, 0.3) is 22.2 Å². The molecule has 5 nitrogen and oxygen atoms in total. The lowest BCUT2D eigenvalue weighted by Gasteiger charge is -2.19. The molecule has 0 fully saturated rings. The van der Waals surface area contributed by atoms with Crippen molar-refractivity contribution in [2.24, 2.45) is 0 Å². The summed E-state index contributed by atoms with van der Waals surface area (Å²) in [6.45, 7) is 7.52. The van der Waals surface area contributed by atoms with Gasteiger partial charge in [-0.05, 0) is 57.5 Å². The molecule has 31 heavy (non-hydrogen) atoms. The molecule has 0 aliphatic carbocycles. The number of rotatable bonds is 3. The van der Waals surface area contributed by atoms with Crippen LogP contribution in [0.3, 0.4) is 0 Å². The van der Waals surface area contributed by atoms with Crippen LogP contribution in [0.15, 0.2) is 66.7 Å². The van der Waals surface area contributed by atoms with Crippen LogP contribution in [0, 0.1) is 6.92 Å². The molecule has 3 aromatic carbocycles. The number of hydrogen-bond acceptors (Lipinski definition) is 4. The molecule has 0 bridgehead atoms. The van der Waals surface area contributed by atoms with Gasteiger partial charge in [-0.25, -0.2) is 4.79 Å². The number of nitrogens with one attached hydrogen (secondary N) is 1. The predicted octanol–water partition coefficient (Wildman–Crippen LogP) is 7.19. The summed E-state index contributed by atoms with van der Waals surface area (Å²) in [6.07, 6.45) is -0.521. The summed E-state index contributed by atoms with van der Waals surface area (Å²) < 4.78 is 6.94. The van der Waals surface area contributed by atoms with Crippen molar-refractivity contribution in [2.75, 3.05) is 5.32 Å². The fourth-order valence-electron chi connectivity index (χ4n) is 3.37. The van der Waals surface area contributed by atoms with Gasteiger partial charge in [0.1, 0.15) is 11.3 Å². The van der Waals surface area contributed by atoms with E-state index in [1.165, 1.54) is 4.68 Å². The van der Waals surface area contributed by atoms with E-state index in [-0.39, 0.29) is 0 Å². The van der Waals surface area contributed by atoms with E-state index in [1.807, 2.05) is 94.4 Å². The van der Waals surface area contributed by atoms with Gasteiger partial charge in [-0.2, -0.15) is 9.78 Å². The molecule has 1 heterocycles. The Morgan fingerprint density at radius 1 is 1.00 bits per heavy atom. The minimum absolute atomic E-state index is 0.521. The second-order valence-electron chi connectivity index (χ2n) is 8.40. The van der Waals surface area contributed by atoms with Gasteiger partial charge in [0, 0.05) is 16.6 Å². The van der Waals surface area contributed by atoms with Crippen LogP contribution in [0.1, 0.15) is 26.3 Å². The maximum atomic E-state index is 13.0. The summed E-state index contributed by atoms with van der Waals surface area (Å²) in [7, 11) is 0. The van der Waals surface area contributed by atoms with E-state index in [1.54, 1.807) is 0 Å². The Morgan fingerprint density at radius 2 is 1.68 bits per heavy atom. The minimum atomic E-state index is -0.633. The summed E-state index contributed by atoms with van der Waals surface area (Å²) in [6, 6.07) is 21.3. The van der Waals surface area contributed by atoms with Gasteiger partial charge in [0.15, 0.2) is 0 Å². The number of fused-ring (bicyclic) bond motifs is 1. The van der Waals surface area contributed by atoms with Crippen LogP contribution in [0.4, 0.5) is 16.2 Å². The van der Waals surface area contributed by atoms with Crippen LogP contribution in [-0.2, 0) is 4.74 Å². The van der Waals surface area contributed by atoms with Crippen molar-refractivity contribution < 1.29 is 9.53 Å². The predicted molar refractivity (Wildman–Crippen MR) is 126 cm³/mol. The first-order chi connectivity index (χ1) is 14.7. The number of aromatic nitrogens is 2. The van der Waals surface area contributed by atoms with Crippen LogP contribution < -0.4 is 5.32 Å². The van der Waals surface area contributed by atoms with E-state index in [4.69, 9.17) is 16.3 Å². The smallest absolute Gasteiger partial charge is 0.435 e. The second-order valence-corrected chi connectivity index (χ2v) is 8.80. The molecular weight excluding hydrogens is 410 g/mol. The van der Waals surface area contributed by atoms with E-state index in [9.17, 15) is 4.79 Å². The SMILES string of the molecule is Cc1cc2c(-c3ccccc3)nn(C(=O)OC(C)(C)C)c2cc1Nc1ccccc1Cl. The number of aryl methyl sites for hydroxylation is 1. The summed E-state index contributed by atoms with van der Waals surface area (Å²) >= 11 is 6.33. The third-order valence-corrected chi connectivity index (χ3v) is 5.11. The molecule has 0 saturated carbocycles. The lowest BCUT2D eigenvalue weighted by atomic mass is 10.0. The Balaban J connectivity index is 1.88. The van der Waals surface area contributed by atoms with Gasteiger partial charge in [-0.3, -0.25) is 0 Å². The number of anilines is 2.